The van der Waals surface area contributed by atoms with Crippen LogP contribution in [0.4, 0.5) is 10.2 Å². The van der Waals surface area contributed by atoms with Crippen molar-refractivity contribution in [2.45, 2.75) is 6.92 Å². The highest BCUT2D eigenvalue weighted by Gasteiger charge is 2.12. The van der Waals surface area contributed by atoms with E-state index in [1.54, 1.807) is 18.5 Å². The maximum atomic E-state index is 13.6. The van der Waals surface area contributed by atoms with Crippen LogP contribution in [-0.4, -0.2) is 22.0 Å². The number of nitrogens with zero attached hydrogens (tertiary/aromatic N) is 3. The van der Waals surface area contributed by atoms with Crippen molar-refractivity contribution < 1.29 is 4.39 Å². The van der Waals surface area contributed by atoms with Gasteiger partial charge in [0.2, 0.25) is 0 Å². The summed E-state index contributed by atoms with van der Waals surface area (Å²) in [5, 5.41) is 4.04. The number of anilines is 1. The molecule has 2 aromatic carbocycles. The first-order valence-corrected chi connectivity index (χ1v) is 8.32. The molecule has 4 rings (SSSR count). The van der Waals surface area contributed by atoms with Gasteiger partial charge in [-0.05, 0) is 60.0 Å². The molecule has 0 saturated heterocycles. The van der Waals surface area contributed by atoms with Gasteiger partial charge in [-0.3, -0.25) is 4.98 Å². The molecule has 2 heterocycles. The second-order valence-electron chi connectivity index (χ2n) is 6.08. The fraction of sp³-hybridized carbons (Fsp3) is 0.0952. The minimum absolute atomic E-state index is 0.251. The molecule has 128 valence electrons. The lowest BCUT2D eigenvalue weighted by molar-refractivity contribution is 0.628. The van der Waals surface area contributed by atoms with Gasteiger partial charge in [-0.15, -0.1) is 0 Å². The van der Waals surface area contributed by atoms with E-state index in [0.29, 0.717) is 5.82 Å². The molecule has 1 N–H and O–H groups in total. The van der Waals surface area contributed by atoms with Gasteiger partial charge in [-0.1, -0.05) is 12.1 Å². The minimum atomic E-state index is -0.251. The molecule has 4 aromatic rings. The van der Waals surface area contributed by atoms with Gasteiger partial charge in [0.25, 0.3) is 0 Å². The van der Waals surface area contributed by atoms with Crippen molar-refractivity contribution in [2.75, 3.05) is 12.4 Å². The third kappa shape index (κ3) is 2.88. The summed E-state index contributed by atoms with van der Waals surface area (Å²) in [5.41, 5.74) is 4.52. The zero-order valence-electron chi connectivity index (χ0n) is 14.5. The number of hydrogen-bond acceptors (Lipinski definition) is 4. The molecular weight excluding hydrogens is 327 g/mol. The molecule has 26 heavy (non-hydrogen) atoms. The van der Waals surface area contributed by atoms with Crippen LogP contribution in [-0.2, 0) is 0 Å². The van der Waals surface area contributed by atoms with Gasteiger partial charge in [-0.2, -0.15) is 0 Å². The number of aromatic nitrogens is 3. The van der Waals surface area contributed by atoms with E-state index in [-0.39, 0.29) is 5.82 Å². The van der Waals surface area contributed by atoms with E-state index in [1.165, 1.54) is 12.1 Å². The standard InChI is InChI=1S/C21H17FN4/c1-13-9-19-18(11-17(13)14-5-3-7-16(22)10-14)21(23-2)26-20(25-19)15-6-4-8-24-12-15/h3-12H,1-2H3,(H,23,25,26). The van der Waals surface area contributed by atoms with E-state index in [0.717, 1.165) is 39.0 Å². The SMILES string of the molecule is CNc1nc(-c2cccnc2)nc2cc(C)c(-c3cccc(F)c3)cc12. The second kappa shape index (κ2) is 6.52. The van der Waals surface area contributed by atoms with Gasteiger partial charge >= 0.3 is 0 Å². The highest BCUT2D eigenvalue weighted by atomic mass is 19.1. The summed E-state index contributed by atoms with van der Waals surface area (Å²) in [5.74, 6) is 1.10. The summed E-state index contributed by atoms with van der Waals surface area (Å²) in [7, 11) is 1.83. The number of aryl methyl sites for hydroxylation is 1. The van der Waals surface area contributed by atoms with Crippen LogP contribution in [0.25, 0.3) is 33.4 Å². The normalized spacial score (nSPS) is 10.9. The van der Waals surface area contributed by atoms with Gasteiger partial charge in [0, 0.05) is 30.4 Å². The Morgan fingerprint density at radius 2 is 1.81 bits per heavy atom. The third-order valence-corrected chi connectivity index (χ3v) is 4.33. The zero-order valence-corrected chi connectivity index (χ0v) is 14.5. The molecular formula is C21H17FN4. The molecule has 0 aliphatic heterocycles. The number of halogens is 1. The Labute approximate surface area is 150 Å². The monoisotopic (exact) mass is 344 g/mol. The van der Waals surface area contributed by atoms with Gasteiger partial charge < -0.3 is 5.32 Å². The Morgan fingerprint density at radius 3 is 2.54 bits per heavy atom. The van der Waals surface area contributed by atoms with E-state index in [2.05, 4.69) is 15.3 Å². The molecule has 0 spiro atoms. The summed E-state index contributed by atoms with van der Waals surface area (Å²) in [6.07, 6.45) is 3.47. The Hall–Kier alpha value is -3.34. The Kier molecular flexibility index (Phi) is 4.05. The van der Waals surface area contributed by atoms with Crippen LogP contribution in [0, 0.1) is 12.7 Å². The van der Waals surface area contributed by atoms with Crippen LogP contribution in [0.3, 0.4) is 0 Å². The Bertz CT molecular complexity index is 1090. The molecule has 0 radical (unpaired) electrons. The molecule has 0 unspecified atom stereocenters. The van der Waals surface area contributed by atoms with Crippen molar-refractivity contribution in [3.63, 3.8) is 0 Å². The Balaban J connectivity index is 1.94. The lowest BCUT2D eigenvalue weighted by Crippen LogP contribution is -2.00. The van der Waals surface area contributed by atoms with Gasteiger partial charge in [-0.25, -0.2) is 14.4 Å². The number of fused-ring (bicyclic) bond motifs is 1. The van der Waals surface area contributed by atoms with Gasteiger partial charge in [0.15, 0.2) is 5.82 Å². The summed E-state index contributed by atoms with van der Waals surface area (Å²) in [6, 6.07) is 14.4. The van der Waals surface area contributed by atoms with Gasteiger partial charge in [0.1, 0.15) is 11.6 Å². The van der Waals surface area contributed by atoms with Crippen LogP contribution >= 0.6 is 0 Å². The molecule has 0 fully saturated rings. The highest BCUT2D eigenvalue weighted by molar-refractivity contribution is 5.95. The molecule has 0 atom stereocenters. The largest absolute Gasteiger partial charge is 0.373 e. The van der Waals surface area contributed by atoms with Crippen molar-refractivity contribution in [3.8, 4) is 22.5 Å². The first-order valence-electron chi connectivity index (χ1n) is 8.32. The third-order valence-electron chi connectivity index (χ3n) is 4.33. The molecule has 0 saturated carbocycles. The fourth-order valence-corrected chi connectivity index (χ4v) is 3.06. The van der Waals surface area contributed by atoms with Crippen molar-refractivity contribution in [2.24, 2.45) is 0 Å². The summed E-state index contributed by atoms with van der Waals surface area (Å²) in [6.45, 7) is 2.00. The molecule has 4 nitrogen and oxygen atoms in total. The topological polar surface area (TPSA) is 50.7 Å². The van der Waals surface area contributed by atoms with E-state index in [1.807, 2.05) is 44.3 Å². The van der Waals surface area contributed by atoms with Crippen molar-refractivity contribution in [1.29, 1.82) is 0 Å². The predicted octanol–water partition coefficient (Wildman–Crippen LogP) is 4.85. The van der Waals surface area contributed by atoms with Crippen molar-refractivity contribution in [1.82, 2.24) is 15.0 Å². The first kappa shape index (κ1) is 16.1. The number of hydrogen-bond donors (Lipinski definition) is 1. The number of pyridine rings is 1. The lowest BCUT2D eigenvalue weighted by Gasteiger charge is -2.12. The smallest absolute Gasteiger partial charge is 0.163 e. The van der Waals surface area contributed by atoms with Crippen molar-refractivity contribution >= 4 is 16.7 Å². The Morgan fingerprint density at radius 1 is 0.962 bits per heavy atom. The number of benzene rings is 2. The highest BCUT2D eigenvalue weighted by Crippen LogP contribution is 2.32. The van der Waals surface area contributed by atoms with Crippen molar-refractivity contribution in [3.05, 3.63) is 72.3 Å². The van der Waals surface area contributed by atoms with Crippen LogP contribution in [0.1, 0.15) is 5.56 Å². The van der Waals surface area contributed by atoms with Crippen LogP contribution in [0.2, 0.25) is 0 Å². The first-order chi connectivity index (χ1) is 12.7. The molecule has 0 aliphatic carbocycles. The van der Waals surface area contributed by atoms with Crippen LogP contribution < -0.4 is 5.32 Å². The second-order valence-corrected chi connectivity index (χ2v) is 6.08. The molecule has 0 aliphatic rings. The predicted molar refractivity (Wildman–Crippen MR) is 102 cm³/mol. The number of rotatable bonds is 3. The lowest BCUT2D eigenvalue weighted by atomic mass is 9.98. The maximum Gasteiger partial charge on any atom is 0.163 e. The van der Waals surface area contributed by atoms with E-state index in [9.17, 15) is 4.39 Å². The van der Waals surface area contributed by atoms with Gasteiger partial charge in [0.05, 0.1) is 5.52 Å². The molecule has 2 aromatic heterocycles. The number of nitrogens with one attached hydrogen (secondary N) is 1. The van der Waals surface area contributed by atoms with Crippen LogP contribution in [0.15, 0.2) is 60.9 Å². The zero-order chi connectivity index (χ0) is 18.1. The fourth-order valence-electron chi connectivity index (χ4n) is 3.06. The van der Waals surface area contributed by atoms with E-state index >= 15 is 0 Å². The molecule has 5 heteroatoms. The van der Waals surface area contributed by atoms with Crippen LogP contribution in [0.5, 0.6) is 0 Å². The average Bonchev–Trinajstić information content (AvgIpc) is 2.67. The maximum absolute atomic E-state index is 13.6. The minimum Gasteiger partial charge on any atom is -0.373 e. The van der Waals surface area contributed by atoms with E-state index < -0.39 is 0 Å². The average molecular weight is 344 g/mol. The quantitative estimate of drug-likeness (QED) is 0.577. The molecule has 0 amide bonds. The molecule has 0 bridgehead atoms. The summed E-state index contributed by atoms with van der Waals surface area (Å²) in [4.78, 5) is 13.5. The summed E-state index contributed by atoms with van der Waals surface area (Å²) < 4.78 is 13.6. The van der Waals surface area contributed by atoms with E-state index in [4.69, 9.17) is 4.98 Å². The summed E-state index contributed by atoms with van der Waals surface area (Å²) >= 11 is 0.